The van der Waals surface area contributed by atoms with E-state index in [-0.39, 0.29) is 5.57 Å². The summed E-state index contributed by atoms with van der Waals surface area (Å²) in [5.41, 5.74) is 0.0821. The number of cyclic esters (lactones) is 1. The highest BCUT2D eigenvalue weighted by Crippen LogP contribution is 2.39. The predicted molar refractivity (Wildman–Crippen MR) is 58.0 cm³/mol. The highest BCUT2D eigenvalue weighted by molar-refractivity contribution is 6.01. The fraction of sp³-hybridized carbons (Fsp3) is 0.167. The monoisotopic (exact) mass is 250 g/mol. The lowest BCUT2D eigenvalue weighted by Crippen LogP contribution is -2.35. The maximum atomic E-state index is 11.6. The topological polar surface area (TPSA) is 82.1 Å². The summed E-state index contributed by atoms with van der Waals surface area (Å²) in [7, 11) is 1.15. The molecular formula is C12H10O6. The molecule has 0 bridgehead atoms. The fourth-order valence-electron chi connectivity index (χ4n) is 1.73. The van der Waals surface area contributed by atoms with Crippen LogP contribution in [-0.4, -0.2) is 24.3 Å². The highest BCUT2D eigenvalue weighted by atomic mass is 17.1. The molecule has 0 radical (unpaired) electrons. The van der Waals surface area contributed by atoms with Gasteiger partial charge in [-0.25, -0.2) is 14.8 Å². The Morgan fingerprint density at radius 2 is 2.00 bits per heavy atom. The van der Waals surface area contributed by atoms with Crippen molar-refractivity contribution >= 4 is 11.9 Å². The molecule has 1 N–H and O–H groups in total. The third-order valence-corrected chi connectivity index (χ3v) is 2.55. The van der Waals surface area contributed by atoms with Gasteiger partial charge in [-0.1, -0.05) is 30.3 Å². The summed E-state index contributed by atoms with van der Waals surface area (Å²) in [6, 6.07) is 8.12. The zero-order valence-corrected chi connectivity index (χ0v) is 9.45. The third-order valence-electron chi connectivity index (χ3n) is 2.55. The number of hydrogen-bond acceptors (Lipinski definition) is 6. The number of esters is 2. The number of hydrogen-bond donors (Lipinski definition) is 1. The molecule has 1 aromatic carbocycles. The minimum absolute atomic E-state index is 0.219. The SMILES string of the molecule is COC(=O)C1=CC(=O)O[C@]1(OO)c1ccccc1. The fourth-order valence-corrected chi connectivity index (χ4v) is 1.73. The Kier molecular flexibility index (Phi) is 3.14. The van der Waals surface area contributed by atoms with E-state index < -0.39 is 17.7 Å². The lowest BCUT2D eigenvalue weighted by molar-refractivity contribution is -0.380. The van der Waals surface area contributed by atoms with Crippen LogP contribution in [0.3, 0.4) is 0 Å². The van der Waals surface area contributed by atoms with Crippen LogP contribution < -0.4 is 0 Å². The highest BCUT2D eigenvalue weighted by Gasteiger charge is 2.51. The molecule has 18 heavy (non-hydrogen) atoms. The van der Waals surface area contributed by atoms with Gasteiger partial charge in [0.25, 0.3) is 0 Å². The van der Waals surface area contributed by atoms with Crippen molar-refractivity contribution in [3.05, 3.63) is 47.5 Å². The molecule has 0 saturated carbocycles. The number of ether oxygens (including phenoxy) is 2. The van der Waals surface area contributed by atoms with E-state index in [1.807, 2.05) is 0 Å². The molecular weight excluding hydrogens is 240 g/mol. The zero-order valence-electron chi connectivity index (χ0n) is 9.45. The van der Waals surface area contributed by atoms with Crippen LogP contribution in [0.5, 0.6) is 0 Å². The number of rotatable bonds is 3. The molecule has 1 aliphatic heterocycles. The van der Waals surface area contributed by atoms with E-state index >= 15 is 0 Å². The molecule has 1 atom stereocenters. The number of benzene rings is 1. The molecule has 6 nitrogen and oxygen atoms in total. The maximum Gasteiger partial charge on any atom is 0.341 e. The van der Waals surface area contributed by atoms with E-state index in [1.54, 1.807) is 30.3 Å². The van der Waals surface area contributed by atoms with E-state index in [1.165, 1.54) is 0 Å². The molecule has 0 amide bonds. The Bertz CT molecular complexity index is 507. The Morgan fingerprint density at radius 1 is 1.33 bits per heavy atom. The van der Waals surface area contributed by atoms with Crippen molar-refractivity contribution in [1.29, 1.82) is 0 Å². The van der Waals surface area contributed by atoms with Gasteiger partial charge in [-0.2, -0.15) is 4.89 Å². The second-order valence-electron chi connectivity index (χ2n) is 3.54. The van der Waals surface area contributed by atoms with E-state index in [0.717, 1.165) is 13.2 Å². The number of methoxy groups -OCH3 is 1. The second-order valence-corrected chi connectivity index (χ2v) is 3.54. The summed E-state index contributed by atoms with van der Waals surface area (Å²) in [4.78, 5) is 27.2. The summed E-state index contributed by atoms with van der Waals surface area (Å²) in [5.74, 6) is -3.59. The van der Waals surface area contributed by atoms with Gasteiger partial charge in [0.2, 0.25) is 0 Å². The molecule has 1 aromatic rings. The molecule has 0 aliphatic carbocycles. The Balaban J connectivity index is 2.53. The number of carbonyl (C=O) groups is 2. The first-order valence-corrected chi connectivity index (χ1v) is 5.05. The average molecular weight is 250 g/mol. The molecule has 0 fully saturated rings. The molecule has 0 unspecified atom stereocenters. The van der Waals surface area contributed by atoms with Crippen molar-refractivity contribution < 1.29 is 29.2 Å². The first kappa shape index (κ1) is 12.3. The quantitative estimate of drug-likeness (QED) is 0.489. The van der Waals surface area contributed by atoms with E-state index in [0.29, 0.717) is 5.56 Å². The molecule has 6 heteroatoms. The molecule has 94 valence electrons. The zero-order chi connectivity index (χ0) is 13.2. The lowest BCUT2D eigenvalue weighted by atomic mass is 9.98. The van der Waals surface area contributed by atoms with Gasteiger partial charge in [-0.05, 0) is 0 Å². The molecule has 2 rings (SSSR count). The van der Waals surface area contributed by atoms with Crippen molar-refractivity contribution in [1.82, 2.24) is 0 Å². The molecule has 1 heterocycles. The summed E-state index contributed by atoms with van der Waals surface area (Å²) < 4.78 is 9.45. The van der Waals surface area contributed by atoms with Crippen molar-refractivity contribution in [2.24, 2.45) is 0 Å². The lowest BCUT2D eigenvalue weighted by Gasteiger charge is -2.26. The van der Waals surface area contributed by atoms with Crippen LogP contribution in [0.25, 0.3) is 0 Å². The van der Waals surface area contributed by atoms with Gasteiger partial charge in [0, 0.05) is 11.6 Å². The van der Waals surface area contributed by atoms with E-state index in [4.69, 9.17) is 9.99 Å². The van der Waals surface area contributed by atoms with Gasteiger partial charge in [0.05, 0.1) is 7.11 Å². The summed E-state index contributed by atoms with van der Waals surface area (Å²) in [6.07, 6.45) is 0.926. The minimum Gasteiger partial charge on any atom is -0.465 e. The van der Waals surface area contributed by atoms with Crippen molar-refractivity contribution in [2.45, 2.75) is 5.79 Å². The smallest absolute Gasteiger partial charge is 0.341 e. The van der Waals surface area contributed by atoms with Crippen LogP contribution in [0.1, 0.15) is 5.56 Å². The third kappa shape index (κ3) is 1.77. The first-order chi connectivity index (χ1) is 8.64. The standard InChI is InChI=1S/C12H10O6/c1-16-11(14)9-7-10(13)17-12(9,18-15)8-5-3-2-4-6-8/h2-7,15H,1H3/t12-/m0/s1. The largest absolute Gasteiger partial charge is 0.465 e. The summed E-state index contributed by atoms with van der Waals surface area (Å²) in [5, 5.41) is 9.08. The van der Waals surface area contributed by atoms with Crippen LogP contribution in [0.4, 0.5) is 0 Å². The molecule has 0 spiro atoms. The summed E-state index contributed by atoms with van der Waals surface area (Å²) >= 11 is 0. The van der Waals surface area contributed by atoms with Crippen LogP contribution in [0.15, 0.2) is 42.0 Å². The molecule has 0 saturated heterocycles. The van der Waals surface area contributed by atoms with Gasteiger partial charge in [-0.15, -0.1) is 0 Å². The molecule has 1 aliphatic rings. The Labute approximate surface area is 102 Å². The maximum absolute atomic E-state index is 11.6. The van der Waals surface area contributed by atoms with Gasteiger partial charge in [-0.3, -0.25) is 0 Å². The normalized spacial score (nSPS) is 22.3. The Hall–Kier alpha value is -2.18. The predicted octanol–water partition coefficient (Wildman–Crippen LogP) is 0.985. The van der Waals surface area contributed by atoms with E-state index in [2.05, 4.69) is 9.62 Å². The minimum atomic E-state index is -1.97. The Morgan fingerprint density at radius 3 is 2.56 bits per heavy atom. The number of carbonyl (C=O) groups excluding carboxylic acids is 2. The van der Waals surface area contributed by atoms with Crippen LogP contribution >= 0.6 is 0 Å². The van der Waals surface area contributed by atoms with Gasteiger partial charge in [0.15, 0.2) is 0 Å². The van der Waals surface area contributed by atoms with Crippen molar-refractivity contribution in [3.63, 3.8) is 0 Å². The average Bonchev–Trinajstić information content (AvgIpc) is 2.77. The van der Waals surface area contributed by atoms with Gasteiger partial charge >= 0.3 is 17.7 Å². The molecule has 0 aromatic heterocycles. The van der Waals surface area contributed by atoms with E-state index in [9.17, 15) is 9.59 Å². The first-order valence-electron chi connectivity index (χ1n) is 5.05. The van der Waals surface area contributed by atoms with Crippen molar-refractivity contribution in [3.8, 4) is 0 Å². The van der Waals surface area contributed by atoms with Gasteiger partial charge in [0.1, 0.15) is 5.57 Å². The van der Waals surface area contributed by atoms with Crippen molar-refractivity contribution in [2.75, 3.05) is 7.11 Å². The van der Waals surface area contributed by atoms with Crippen LogP contribution in [0.2, 0.25) is 0 Å². The second kappa shape index (κ2) is 4.59. The van der Waals surface area contributed by atoms with Crippen LogP contribution in [-0.2, 0) is 29.7 Å². The van der Waals surface area contributed by atoms with Gasteiger partial charge < -0.3 is 9.47 Å². The summed E-state index contributed by atoms with van der Waals surface area (Å²) in [6.45, 7) is 0. The van der Waals surface area contributed by atoms with Crippen LogP contribution in [0, 0.1) is 0 Å².